The lowest BCUT2D eigenvalue weighted by molar-refractivity contribution is 1.09. The molecule has 3 rings (SSSR count). The van der Waals surface area contributed by atoms with Crippen molar-refractivity contribution in [2.45, 2.75) is 6.54 Å². The number of nitrogens with zero attached hydrogens (tertiary/aromatic N) is 2. The number of nitrogens with two attached hydrogens (primary N) is 2. The number of aromatic amines is 2. The minimum atomic E-state index is -0.340. The molecule has 0 saturated carbocycles. The summed E-state index contributed by atoms with van der Waals surface area (Å²) in [6.45, 7) is 0.646. The highest BCUT2D eigenvalue weighted by Crippen LogP contribution is 2.10. The molecule has 0 aromatic carbocycles. The predicted octanol–water partition coefficient (Wildman–Crippen LogP) is 1.03. The quantitative estimate of drug-likeness (QED) is 0.433. The van der Waals surface area contributed by atoms with Crippen molar-refractivity contribution < 1.29 is 0 Å². The number of nitrogens with one attached hydrogen (secondary N) is 3. The number of halogens is 1. The molecule has 0 atom stereocenters. The van der Waals surface area contributed by atoms with Gasteiger partial charge in [0.2, 0.25) is 11.9 Å². The molecule has 3 heterocycles. The molecular formula is C13H14ClN7O2S. The van der Waals surface area contributed by atoms with Gasteiger partial charge < -0.3 is 16.8 Å². The minimum absolute atomic E-state index is 0.0347. The van der Waals surface area contributed by atoms with Crippen molar-refractivity contribution in [3.63, 3.8) is 0 Å². The number of rotatable bonds is 3. The molecule has 0 aliphatic rings. The van der Waals surface area contributed by atoms with Crippen molar-refractivity contribution in [1.29, 1.82) is 0 Å². The van der Waals surface area contributed by atoms with Gasteiger partial charge in [-0.3, -0.25) is 19.6 Å². The van der Waals surface area contributed by atoms with Gasteiger partial charge >= 0.3 is 0 Å². The van der Waals surface area contributed by atoms with Gasteiger partial charge in [-0.15, -0.1) is 11.3 Å². The Morgan fingerprint density at radius 3 is 2.33 bits per heavy atom. The smallest absolute Gasteiger partial charge is 0.254 e. The van der Waals surface area contributed by atoms with E-state index >= 15 is 0 Å². The topological polar surface area (TPSA) is 156 Å². The van der Waals surface area contributed by atoms with Crippen molar-refractivity contribution >= 4 is 40.7 Å². The molecule has 0 spiro atoms. The third kappa shape index (κ3) is 5.74. The third-order valence-corrected chi connectivity index (χ3v) is 3.58. The van der Waals surface area contributed by atoms with Crippen LogP contribution in [0.5, 0.6) is 0 Å². The van der Waals surface area contributed by atoms with Crippen LogP contribution in [0, 0.1) is 0 Å². The Morgan fingerprint density at radius 1 is 1.12 bits per heavy atom. The second kappa shape index (κ2) is 8.13. The molecule has 3 aromatic heterocycles. The van der Waals surface area contributed by atoms with Gasteiger partial charge in [0.25, 0.3) is 11.1 Å². The Morgan fingerprint density at radius 2 is 1.79 bits per heavy atom. The Hall–Kier alpha value is -2.85. The van der Waals surface area contributed by atoms with E-state index in [2.05, 4.69) is 25.3 Å². The van der Waals surface area contributed by atoms with Crippen molar-refractivity contribution in [2.75, 3.05) is 16.8 Å². The monoisotopic (exact) mass is 367 g/mol. The maximum Gasteiger partial charge on any atom is 0.254 e. The Labute approximate surface area is 144 Å². The first-order valence-electron chi connectivity index (χ1n) is 6.58. The highest BCUT2D eigenvalue weighted by Gasteiger charge is 1.98. The summed E-state index contributed by atoms with van der Waals surface area (Å²) in [5.74, 6) is 0.647. The number of hydrogen-bond donors (Lipinski definition) is 5. The van der Waals surface area contributed by atoms with E-state index in [0.29, 0.717) is 12.4 Å². The number of thiophene rings is 1. The van der Waals surface area contributed by atoms with Gasteiger partial charge in [-0.25, -0.2) is 4.98 Å². The molecule has 0 fully saturated rings. The van der Waals surface area contributed by atoms with Gasteiger partial charge in [0.05, 0.1) is 6.54 Å². The lowest BCUT2D eigenvalue weighted by Gasteiger charge is -2.03. The lowest BCUT2D eigenvalue weighted by Crippen LogP contribution is -2.12. The SMILES string of the molecule is Nc1nc(Cl)cc(=O)[nH]1.Nc1nc(NCc2cccs2)cc(=O)[nH]1. The highest BCUT2D eigenvalue weighted by atomic mass is 35.5. The normalized spacial score (nSPS) is 9.88. The molecule has 0 radical (unpaired) electrons. The molecule has 0 aliphatic carbocycles. The van der Waals surface area contributed by atoms with Gasteiger partial charge in [0.1, 0.15) is 11.0 Å². The number of aromatic nitrogens is 4. The summed E-state index contributed by atoms with van der Waals surface area (Å²) in [6.07, 6.45) is 0. The molecule has 126 valence electrons. The van der Waals surface area contributed by atoms with E-state index in [1.807, 2.05) is 17.5 Å². The van der Waals surface area contributed by atoms with E-state index in [1.54, 1.807) is 11.3 Å². The standard InChI is InChI=1S/C9H10N4OS.C4H4ClN3O/c10-9-12-7(4-8(14)13-9)11-5-6-2-1-3-15-6;5-2-1-3(9)8-4(6)7-2/h1-4H,5H2,(H4,10,11,12,13,14);1H,(H3,6,7,8,9). The third-order valence-electron chi connectivity index (χ3n) is 2.51. The molecule has 0 aliphatic heterocycles. The first-order chi connectivity index (χ1) is 11.4. The Balaban J connectivity index is 0.000000198. The minimum Gasteiger partial charge on any atom is -0.369 e. The Kier molecular flexibility index (Phi) is 5.93. The molecule has 11 heteroatoms. The summed E-state index contributed by atoms with van der Waals surface area (Å²) >= 11 is 6.98. The zero-order valence-corrected chi connectivity index (χ0v) is 13.8. The zero-order chi connectivity index (χ0) is 17.5. The van der Waals surface area contributed by atoms with Gasteiger partial charge in [-0.2, -0.15) is 4.98 Å². The van der Waals surface area contributed by atoms with Crippen LogP contribution in [0.15, 0.2) is 39.2 Å². The lowest BCUT2D eigenvalue weighted by atomic mass is 10.4. The molecule has 0 bridgehead atoms. The van der Waals surface area contributed by atoms with Gasteiger partial charge in [-0.05, 0) is 11.4 Å². The first-order valence-corrected chi connectivity index (χ1v) is 7.83. The average molecular weight is 368 g/mol. The van der Waals surface area contributed by atoms with E-state index in [9.17, 15) is 9.59 Å². The van der Waals surface area contributed by atoms with Crippen LogP contribution in [0.3, 0.4) is 0 Å². The number of anilines is 3. The van der Waals surface area contributed by atoms with E-state index in [0.717, 1.165) is 6.07 Å². The van der Waals surface area contributed by atoms with Crippen molar-refractivity contribution in [2.24, 2.45) is 0 Å². The maximum atomic E-state index is 11.1. The number of hydrogen-bond acceptors (Lipinski definition) is 8. The van der Waals surface area contributed by atoms with Crippen LogP contribution in [-0.2, 0) is 6.54 Å². The van der Waals surface area contributed by atoms with Gasteiger partial charge in [0, 0.05) is 17.0 Å². The van der Waals surface area contributed by atoms with E-state index < -0.39 is 0 Å². The average Bonchev–Trinajstić information content (AvgIpc) is 2.96. The molecular weight excluding hydrogens is 354 g/mol. The molecule has 9 nitrogen and oxygen atoms in total. The molecule has 0 amide bonds. The largest absolute Gasteiger partial charge is 0.369 e. The van der Waals surface area contributed by atoms with Crippen LogP contribution in [0.4, 0.5) is 17.7 Å². The summed E-state index contributed by atoms with van der Waals surface area (Å²) in [6, 6.07) is 6.51. The van der Waals surface area contributed by atoms with Crippen molar-refractivity contribution in [1.82, 2.24) is 19.9 Å². The maximum absolute atomic E-state index is 11.1. The fourth-order valence-corrected chi connectivity index (χ4v) is 2.44. The van der Waals surface area contributed by atoms with E-state index in [1.165, 1.54) is 10.9 Å². The molecule has 0 saturated heterocycles. The van der Waals surface area contributed by atoms with Gasteiger partial charge in [-0.1, -0.05) is 17.7 Å². The van der Waals surface area contributed by atoms with Crippen molar-refractivity contribution in [3.05, 3.63) is 60.4 Å². The van der Waals surface area contributed by atoms with Crippen LogP contribution in [0.25, 0.3) is 0 Å². The van der Waals surface area contributed by atoms with Crippen LogP contribution < -0.4 is 27.9 Å². The predicted molar refractivity (Wildman–Crippen MR) is 95.2 cm³/mol. The van der Waals surface area contributed by atoms with E-state index in [4.69, 9.17) is 23.1 Å². The summed E-state index contributed by atoms with van der Waals surface area (Å²) in [5, 5.41) is 5.13. The summed E-state index contributed by atoms with van der Waals surface area (Å²) < 4.78 is 0. The van der Waals surface area contributed by atoms with Gasteiger partial charge in [0.15, 0.2) is 0 Å². The van der Waals surface area contributed by atoms with E-state index in [-0.39, 0.29) is 28.2 Å². The Bertz CT molecular complexity index is 884. The molecule has 7 N–H and O–H groups in total. The number of H-pyrrole nitrogens is 2. The fraction of sp³-hybridized carbons (Fsp3) is 0.0769. The van der Waals surface area contributed by atoms with Crippen LogP contribution in [0.1, 0.15) is 4.88 Å². The van der Waals surface area contributed by atoms with Crippen LogP contribution in [-0.4, -0.2) is 19.9 Å². The van der Waals surface area contributed by atoms with Crippen LogP contribution >= 0.6 is 22.9 Å². The number of nitrogen functional groups attached to an aromatic ring is 2. The molecule has 24 heavy (non-hydrogen) atoms. The first kappa shape index (κ1) is 17.5. The molecule has 3 aromatic rings. The zero-order valence-electron chi connectivity index (χ0n) is 12.2. The van der Waals surface area contributed by atoms with Crippen LogP contribution in [0.2, 0.25) is 5.15 Å². The summed E-state index contributed by atoms with van der Waals surface area (Å²) in [4.78, 5) is 34.8. The summed E-state index contributed by atoms with van der Waals surface area (Å²) in [5.41, 5.74) is 9.92. The second-order valence-corrected chi connectivity index (χ2v) is 5.82. The second-order valence-electron chi connectivity index (χ2n) is 4.40. The van der Waals surface area contributed by atoms with Crippen molar-refractivity contribution in [3.8, 4) is 0 Å². The fourth-order valence-electron chi connectivity index (χ4n) is 1.60. The summed E-state index contributed by atoms with van der Waals surface area (Å²) in [7, 11) is 0. The molecule has 0 unspecified atom stereocenters. The highest BCUT2D eigenvalue weighted by molar-refractivity contribution is 7.09.